The van der Waals surface area contributed by atoms with Crippen LogP contribution >= 0.6 is 0 Å². The summed E-state index contributed by atoms with van der Waals surface area (Å²) in [6.07, 6.45) is 0.651. The number of amides is 1. The van der Waals surface area contributed by atoms with Crippen LogP contribution in [0.4, 0.5) is 5.69 Å². The van der Waals surface area contributed by atoms with Crippen LogP contribution in [0, 0.1) is 0 Å². The molecule has 0 fully saturated rings. The Bertz CT molecular complexity index is 901. The van der Waals surface area contributed by atoms with Crippen molar-refractivity contribution in [3.05, 3.63) is 60.0 Å². The first kappa shape index (κ1) is 18.6. The Kier molecular flexibility index (Phi) is 5.86. The standard InChI is InChI=1S/C21H23N3O3/c1-14(2)15-7-9-17(10-8-15)22-19(25)11-12-20-23-24-21(27-20)16-5-4-6-18(13-16)26-3/h4-10,13-14H,11-12H2,1-3H3,(H,22,25). The number of rotatable bonds is 7. The van der Waals surface area contributed by atoms with Gasteiger partial charge >= 0.3 is 0 Å². The van der Waals surface area contributed by atoms with Gasteiger partial charge in [0.1, 0.15) is 5.75 Å². The molecule has 0 aliphatic carbocycles. The molecule has 1 aromatic heterocycles. The van der Waals surface area contributed by atoms with Crippen molar-refractivity contribution < 1.29 is 13.9 Å². The van der Waals surface area contributed by atoms with Gasteiger partial charge in [-0.05, 0) is 41.8 Å². The van der Waals surface area contributed by atoms with E-state index in [1.807, 2.05) is 48.5 Å². The van der Waals surface area contributed by atoms with Crippen molar-refractivity contribution in [3.63, 3.8) is 0 Å². The maximum absolute atomic E-state index is 12.1. The lowest BCUT2D eigenvalue weighted by Gasteiger charge is -2.08. The molecular weight excluding hydrogens is 342 g/mol. The van der Waals surface area contributed by atoms with Crippen LogP contribution in [0.5, 0.6) is 5.75 Å². The summed E-state index contributed by atoms with van der Waals surface area (Å²) in [7, 11) is 1.60. The molecule has 3 rings (SSSR count). The zero-order valence-corrected chi connectivity index (χ0v) is 15.7. The first-order valence-corrected chi connectivity index (χ1v) is 8.92. The lowest BCUT2D eigenvalue weighted by Crippen LogP contribution is -2.12. The fraction of sp³-hybridized carbons (Fsp3) is 0.286. The van der Waals surface area contributed by atoms with Gasteiger partial charge in [0.05, 0.1) is 7.11 Å². The number of benzene rings is 2. The Morgan fingerprint density at radius 1 is 1.15 bits per heavy atom. The Labute approximate surface area is 158 Å². The third-order valence-electron chi connectivity index (χ3n) is 4.21. The summed E-state index contributed by atoms with van der Waals surface area (Å²) < 4.78 is 10.9. The number of nitrogens with one attached hydrogen (secondary N) is 1. The first-order valence-electron chi connectivity index (χ1n) is 8.92. The van der Waals surface area contributed by atoms with Crippen molar-refractivity contribution in [3.8, 4) is 17.2 Å². The van der Waals surface area contributed by atoms with Gasteiger partial charge in [-0.25, -0.2) is 0 Å². The zero-order chi connectivity index (χ0) is 19.2. The number of anilines is 1. The van der Waals surface area contributed by atoms with E-state index in [4.69, 9.17) is 9.15 Å². The third-order valence-corrected chi connectivity index (χ3v) is 4.21. The number of aryl methyl sites for hydroxylation is 1. The van der Waals surface area contributed by atoms with Crippen molar-refractivity contribution >= 4 is 11.6 Å². The predicted octanol–water partition coefficient (Wildman–Crippen LogP) is 4.44. The molecular formula is C21H23N3O3. The predicted molar refractivity (Wildman–Crippen MR) is 104 cm³/mol. The molecule has 1 N–H and O–H groups in total. The zero-order valence-electron chi connectivity index (χ0n) is 15.7. The lowest BCUT2D eigenvalue weighted by atomic mass is 10.0. The molecule has 140 valence electrons. The van der Waals surface area contributed by atoms with Crippen molar-refractivity contribution in [2.24, 2.45) is 0 Å². The van der Waals surface area contributed by atoms with Gasteiger partial charge in [0.25, 0.3) is 0 Å². The highest BCUT2D eigenvalue weighted by Gasteiger charge is 2.11. The fourth-order valence-corrected chi connectivity index (χ4v) is 2.62. The van der Waals surface area contributed by atoms with E-state index in [2.05, 4.69) is 29.4 Å². The van der Waals surface area contributed by atoms with Crippen LogP contribution in [0.25, 0.3) is 11.5 Å². The smallest absolute Gasteiger partial charge is 0.247 e. The van der Waals surface area contributed by atoms with Gasteiger partial charge in [-0.15, -0.1) is 10.2 Å². The molecule has 0 radical (unpaired) electrons. The molecule has 0 spiro atoms. The van der Waals surface area contributed by atoms with Crippen LogP contribution in [0.1, 0.15) is 37.6 Å². The van der Waals surface area contributed by atoms with Gasteiger partial charge in [0, 0.05) is 24.1 Å². The highest BCUT2D eigenvalue weighted by atomic mass is 16.5. The largest absolute Gasteiger partial charge is 0.497 e. The maximum atomic E-state index is 12.1. The summed E-state index contributed by atoms with van der Waals surface area (Å²) in [4.78, 5) is 12.1. The van der Waals surface area contributed by atoms with Crippen molar-refractivity contribution in [1.82, 2.24) is 10.2 Å². The molecule has 0 aliphatic rings. The normalized spacial score (nSPS) is 10.8. The first-order chi connectivity index (χ1) is 13.0. The van der Waals surface area contributed by atoms with Crippen LogP contribution < -0.4 is 10.1 Å². The van der Waals surface area contributed by atoms with Gasteiger partial charge in [-0.2, -0.15) is 0 Å². The molecule has 0 atom stereocenters. The Hall–Kier alpha value is -3.15. The monoisotopic (exact) mass is 365 g/mol. The second-order valence-electron chi connectivity index (χ2n) is 6.56. The minimum Gasteiger partial charge on any atom is -0.497 e. The number of carbonyl (C=O) groups excluding carboxylic acids is 1. The molecule has 27 heavy (non-hydrogen) atoms. The molecule has 0 aliphatic heterocycles. The average Bonchev–Trinajstić information content (AvgIpc) is 3.16. The molecule has 2 aromatic carbocycles. The molecule has 6 heteroatoms. The van der Waals surface area contributed by atoms with Gasteiger partial charge in [0.2, 0.25) is 17.7 Å². The summed E-state index contributed by atoms with van der Waals surface area (Å²) in [5.74, 6) is 1.93. The Balaban J connectivity index is 1.55. The summed E-state index contributed by atoms with van der Waals surface area (Å²) in [5, 5.41) is 11.0. The van der Waals surface area contributed by atoms with Gasteiger partial charge in [0.15, 0.2) is 0 Å². The molecule has 1 amide bonds. The van der Waals surface area contributed by atoms with Crippen LogP contribution in [0.15, 0.2) is 52.9 Å². The van der Waals surface area contributed by atoms with Crippen molar-refractivity contribution in [1.29, 1.82) is 0 Å². The van der Waals surface area contributed by atoms with Crippen molar-refractivity contribution in [2.45, 2.75) is 32.6 Å². The van der Waals surface area contributed by atoms with E-state index in [-0.39, 0.29) is 12.3 Å². The number of nitrogens with zero attached hydrogens (tertiary/aromatic N) is 2. The topological polar surface area (TPSA) is 77.2 Å². The number of hydrogen-bond acceptors (Lipinski definition) is 5. The highest BCUT2D eigenvalue weighted by Crippen LogP contribution is 2.23. The van der Waals surface area contributed by atoms with E-state index in [1.165, 1.54) is 5.56 Å². The molecule has 0 saturated heterocycles. The molecule has 1 heterocycles. The summed E-state index contributed by atoms with van der Waals surface area (Å²) in [6, 6.07) is 15.3. The van der Waals surface area contributed by atoms with Gasteiger partial charge < -0.3 is 14.5 Å². The van der Waals surface area contributed by atoms with E-state index in [9.17, 15) is 4.79 Å². The highest BCUT2D eigenvalue weighted by molar-refractivity contribution is 5.90. The number of ether oxygens (including phenoxy) is 1. The van der Waals surface area contributed by atoms with Crippen LogP contribution in [-0.2, 0) is 11.2 Å². The number of carbonyl (C=O) groups is 1. The van der Waals surface area contributed by atoms with Crippen LogP contribution in [0.3, 0.4) is 0 Å². The average molecular weight is 365 g/mol. The Morgan fingerprint density at radius 2 is 1.93 bits per heavy atom. The van der Waals surface area contributed by atoms with E-state index in [0.29, 0.717) is 24.1 Å². The second-order valence-corrected chi connectivity index (χ2v) is 6.56. The molecule has 0 unspecified atom stereocenters. The number of methoxy groups -OCH3 is 1. The summed E-state index contributed by atoms with van der Waals surface area (Å²) in [5.41, 5.74) is 2.80. The number of aromatic nitrogens is 2. The fourth-order valence-electron chi connectivity index (χ4n) is 2.62. The summed E-state index contributed by atoms with van der Waals surface area (Å²) in [6.45, 7) is 4.27. The molecule has 3 aromatic rings. The molecule has 6 nitrogen and oxygen atoms in total. The van der Waals surface area contributed by atoms with E-state index in [0.717, 1.165) is 17.0 Å². The minimum absolute atomic E-state index is 0.0894. The lowest BCUT2D eigenvalue weighted by molar-refractivity contribution is -0.116. The quantitative estimate of drug-likeness (QED) is 0.670. The van der Waals surface area contributed by atoms with Crippen molar-refractivity contribution in [2.75, 3.05) is 12.4 Å². The minimum atomic E-state index is -0.0894. The Morgan fingerprint density at radius 3 is 2.63 bits per heavy atom. The van der Waals surface area contributed by atoms with E-state index < -0.39 is 0 Å². The van der Waals surface area contributed by atoms with E-state index >= 15 is 0 Å². The SMILES string of the molecule is COc1cccc(-c2nnc(CCC(=O)Nc3ccc(C(C)C)cc3)o2)c1. The van der Waals surface area contributed by atoms with Crippen LogP contribution in [-0.4, -0.2) is 23.2 Å². The molecule has 0 bridgehead atoms. The number of hydrogen-bond donors (Lipinski definition) is 1. The van der Waals surface area contributed by atoms with E-state index in [1.54, 1.807) is 7.11 Å². The van der Waals surface area contributed by atoms with Gasteiger partial charge in [-0.1, -0.05) is 32.0 Å². The third kappa shape index (κ3) is 4.94. The van der Waals surface area contributed by atoms with Gasteiger partial charge in [-0.3, -0.25) is 4.79 Å². The maximum Gasteiger partial charge on any atom is 0.247 e. The molecule has 0 saturated carbocycles. The van der Waals surface area contributed by atoms with Crippen LogP contribution in [0.2, 0.25) is 0 Å². The summed E-state index contributed by atoms with van der Waals surface area (Å²) >= 11 is 0. The second kappa shape index (κ2) is 8.49.